The highest BCUT2D eigenvalue weighted by Gasteiger charge is 2.34. The molecular weight excluding hydrogens is 168 g/mol. The fraction of sp³-hybridized carbons (Fsp3) is 0.700. The summed E-state index contributed by atoms with van der Waals surface area (Å²) in [6, 6.07) is 0. The van der Waals surface area contributed by atoms with Gasteiger partial charge in [-0.2, -0.15) is 0 Å². The summed E-state index contributed by atoms with van der Waals surface area (Å²) in [7, 11) is 1.31. The molecule has 1 heterocycles. The highest BCUT2D eigenvalue weighted by Crippen LogP contribution is 2.26. The van der Waals surface area contributed by atoms with E-state index in [9.17, 15) is 4.79 Å². The molecule has 13 heavy (non-hydrogen) atoms. The summed E-state index contributed by atoms with van der Waals surface area (Å²) in [6.07, 6.45) is 4.73. The summed E-state index contributed by atoms with van der Waals surface area (Å²) < 4.78 is 9.36. The first kappa shape index (κ1) is 12.2. The number of epoxide rings is 1. The van der Waals surface area contributed by atoms with Gasteiger partial charge in [-0.05, 0) is 12.8 Å². The summed E-state index contributed by atoms with van der Waals surface area (Å²) in [5.74, 6) is -0.394. The lowest BCUT2D eigenvalue weighted by atomic mass is 10.2. The fourth-order valence-electron chi connectivity index (χ4n) is 0.981. The van der Waals surface area contributed by atoms with Crippen LogP contribution in [0.4, 0.5) is 0 Å². The number of rotatable bonds is 3. The molecule has 1 saturated heterocycles. The Morgan fingerprint density at radius 3 is 2.00 bits per heavy atom. The van der Waals surface area contributed by atoms with E-state index in [1.165, 1.54) is 20.0 Å². The second-order valence-corrected chi connectivity index (χ2v) is 2.76. The topological polar surface area (TPSA) is 38.8 Å². The molecule has 0 spiro atoms. The molecule has 1 rings (SSSR count). The molecule has 76 valence electrons. The SMILES string of the molecule is C=CC(=O)OC.CCC1OC1CC. The van der Waals surface area contributed by atoms with Crippen LogP contribution in [0.15, 0.2) is 12.7 Å². The molecule has 0 aromatic carbocycles. The molecule has 1 aliphatic heterocycles. The monoisotopic (exact) mass is 186 g/mol. The van der Waals surface area contributed by atoms with Crippen LogP contribution in [0.2, 0.25) is 0 Å². The number of methoxy groups -OCH3 is 1. The largest absolute Gasteiger partial charge is 0.466 e. The van der Waals surface area contributed by atoms with Crippen molar-refractivity contribution in [1.29, 1.82) is 0 Å². The normalized spacial score (nSPS) is 23.9. The van der Waals surface area contributed by atoms with Crippen LogP contribution in [0.1, 0.15) is 26.7 Å². The Morgan fingerprint density at radius 1 is 1.46 bits per heavy atom. The molecule has 0 bridgehead atoms. The van der Waals surface area contributed by atoms with Crippen LogP contribution >= 0.6 is 0 Å². The Kier molecular flexibility index (Phi) is 6.24. The van der Waals surface area contributed by atoms with Crippen molar-refractivity contribution >= 4 is 5.97 Å². The molecule has 0 aromatic heterocycles. The third-order valence-corrected chi connectivity index (χ3v) is 1.86. The lowest BCUT2D eigenvalue weighted by Gasteiger charge is -1.83. The van der Waals surface area contributed by atoms with E-state index < -0.39 is 5.97 Å². The van der Waals surface area contributed by atoms with E-state index in [0.717, 1.165) is 6.08 Å². The Labute approximate surface area is 79.7 Å². The van der Waals surface area contributed by atoms with Crippen LogP contribution in [0, 0.1) is 0 Å². The second-order valence-electron chi connectivity index (χ2n) is 2.76. The zero-order valence-electron chi connectivity index (χ0n) is 8.58. The Bertz CT molecular complexity index is 158. The van der Waals surface area contributed by atoms with Crippen molar-refractivity contribution in [2.75, 3.05) is 7.11 Å². The molecular formula is C10H18O3. The van der Waals surface area contributed by atoms with Crippen molar-refractivity contribution in [3.63, 3.8) is 0 Å². The average molecular weight is 186 g/mol. The van der Waals surface area contributed by atoms with Gasteiger partial charge in [0.15, 0.2) is 0 Å². The molecule has 0 aliphatic carbocycles. The third-order valence-electron chi connectivity index (χ3n) is 1.86. The van der Waals surface area contributed by atoms with Crippen LogP contribution in [-0.4, -0.2) is 25.3 Å². The van der Waals surface area contributed by atoms with Crippen molar-refractivity contribution in [3.05, 3.63) is 12.7 Å². The zero-order chi connectivity index (χ0) is 10.3. The minimum Gasteiger partial charge on any atom is -0.466 e. The first-order valence-corrected chi connectivity index (χ1v) is 4.55. The standard InChI is InChI=1S/C6H12O.C4H6O2/c1-3-5-6(4-2)7-5;1-3-4(5)6-2/h5-6H,3-4H2,1-2H3;3H,1H2,2H3. The number of esters is 1. The van der Waals surface area contributed by atoms with Crippen molar-refractivity contribution in [3.8, 4) is 0 Å². The van der Waals surface area contributed by atoms with Gasteiger partial charge in [0.1, 0.15) is 0 Å². The van der Waals surface area contributed by atoms with E-state index in [1.807, 2.05) is 0 Å². The molecule has 0 saturated carbocycles. The van der Waals surface area contributed by atoms with Crippen molar-refractivity contribution in [2.24, 2.45) is 0 Å². The van der Waals surface area contributed by atoms with Crippen molar-refractivity contribution in [1.82, 2.24) is 0 Å². The molecule has 0 amide bonds. The number of ether oxygens (including phenoxy) is 2. The number of hydrogen-bond acceptors (Lipinski definition) is 3. The lowest BCUT2D eigenvalue weighted by molar-refractivity contribution is -0.134. The van der Waals surface area contributed by atoms with Gasteiger partial charge in [-0.3, -0.25) is 0 Å². The van der Waals surface area contributed by atoms with Gasteiger partial charge in [0, 0.05) is 6.08 Å². The van der Waals surface area contributed by atoms with Crippen LogP contribution < -0.4 is 0 Å². The molecule has 1 fully saturated rings. The lowest BCUT2D eigenvalue weighted by Crippen LogP contribution is -1.91. The highest BCUT2D eigenvalue weighted by atomic mass is 16.6. The minimum atomic E-state index is -0.394. The van der Waals surface area contributed by atoms with Gasteiger partial charge < -0.3 is 9.47 Å². The molecule has 0 N–H and O–H groups in total. The van der Waals surface area contributed by atoms with Gasteiger partial charge in [0.2, 0.25) is 0 Å². The average Bonchev–Trinajstić information content (AvgIpc) is 2.95. The molecule has 0 radical (unpaired) electrons. The first-order chi connectivity index (χ1) is 6.19. The predicted octanol–water partition coefficient (Wildman–Crippen LogP) is 1.92. The van der Waals surface area contributed by atoms with E-state index in [-0.39, 0.29) is 0 Å². The minimum absolute atomic E-state index is 0.394. The summed E-state index contributed by atoms with van der Waals surface area (Å²) >= 11 is 0. The Balaban J connectivity index is 0.000000226. The number of carbonyl (C=O) groups is 1. The quantitative estimate of drug-likeness (QED) is 0.384. The second kappa shape index (κ2) is 6.66. The predicted molar refractivity (Wildman–Crippen MR) is 51.5 cm³/mol. The van der Waals surface area contributed by atoms with E-state index in [2.05, 4.69) is 25.2 Å². The third kappa shape index (κ3) is 5.42. The summed E-state index contributed by atoms with van der Waals surface area (Å²) in [6.45, 7) is 7.49. The van der Waals surface area contributed by atoms with E-state index >= 15 is 0 Å². The Morgan fingerprint density at radius 2 is 1.92 bits per heavy atom. The van der Waals surface area contributed by atoms with Gasteiger partial charge in [0.25, 0.3) is 0 Å². The van der Waals surface area contributed by atoms with Crippen molar-refractivity contribution in [2.45, 2.75) is 38.9 Å². The van der Waals surface area contributed by atoms with E-state index in [1.54, 1.807) is 0 Å². The van der Waals surface area contributed by atoms with Gasteiger partial charge in [-0.15, -0.1) is 0 Å². The molecule has 0 aromatic rings. The van der Waals surface area contributed by atoms with Crippen LogP contribution in [0.25, 0.3) is 0 Å². The number of carbonyl (C=O) groups excluding carboxylic acids is 1. The first-order valence-electron chi connectivity index (χ1n) is 4.55. The van der Waals surface area contributed by atoms with Crippen LogP contribution in [0.5, 0.6) is 0 Å². The maximum absolute atomic E-state index is 9.84. The molecule has 2 unspecified atom stereocenters. The maximum atomic E-state index is 9.84. The van der Waals surface area contributed by atoms with E-state index in [0.29, 0.717) is 12.2 Å². The molecule has 3 nitrogen and oxygen atoms in total. The number of hydrogen-bond donors (Lipinski definition) is 0. The maximum Gasteiger partial charge on any atom is 0.329 e. The highest BCUT2D eigenvalue weighted by molar-refractivity contribution is 5.80. The van der Waals surface area contributed by atoms with Gasteiger partial charge in [0.05, 0.1) is 19.3 Å². The fourth-order valence-corrected chi connectivity index (χ4v) is 0.981. The van der Waals surface area contributed by atoms with Gasteiger partial charge in [-0.1, -0.05) is 20.4 Å². The van der Waals surface area contributed by atoms with Crippen molar-refractivity contribution < 1.29 is 14.3 Å². The zero-order valence-corrected chi connectivity index (χ0v) is 8.58. The van der Waals surface area contributed by atoms with Gasteiger partial charge in [-0.25, -0.2) is 4.79 Å². The molecule has 1 aliphatic rings. The molecule has 2 atom stereocenters. The van der Waals surface area contributed by atoms with Crippen LogP contribution in [-0.2, 0) is 14.3 Å². The summed E-state index contributed by atoms with van der Waals surface area (Å²) in [4.78, 5) is 9.84. The molecule has 3 heteroatoms. The summed E-state index contributed by atoms with van der Waals surface area (Å²) in [5.41, 5.74) is 0. The Hall–Kier alpha value is -0.830. The summed E-state index contributed by atoms with van der Waals surface area (Å²) in [5, 5.41) is 0. The van der Waals surface area contributed by atoms with E-state index in [4.69, 9.17) is 4.74 Å². The van der Waals surface area contributed by atoms with Crippen LogP contribution in [0.3, 0.4) is 0 Å². The van der Waals surface area contributed by atoms with Gasteiger partial charge >= 0.3 is 5.97 Å². The smallest absolute Gasteiger partial charge is 0.329 e.